The summed E-state index contributed by atoms with van der Waals surface area (Å²) in [4.78, 5) is 0. The molecule has 0 N–H and O–H groups in total. The first-order valence-corrected chi connectivity index (χ1v) is 19.4. The van der Waals surface area contributed by atoms with Crippen LogP contribution in [-0.2, 0) is 27.3 Å². The van der Waals surface area contributed by atoms with Gasteiger partial charge in [0.1, 0.15) is 0 Å². The molecule has 5 aromatic rings. The van der Waals surface area contributed by atoms with Crippen LogP contribution >= 0.6 is 17.0 Å². The molecule has 0 atom stereocenters. The largest absolute Gasteiger partial charge is 0.184 e. The van der Waals surface area contributed by atoms with E-state index in [9.17, 15) is 0 Å². The van der Waals surface area contributed by atoms with Gasteiger partial charge < -0.3 is 0 Å². The van der Waals surface area contributed by atoms with Crippen molar-refractivity contribution >= 4 is 47.7 Å². The Bertz CT molecular complexity index is 1380. The minimum Gasteiger partial charge on any atom is -0.184 e. The van der Waals surface area contributed by atoms with Crippen molar-refractivity contribution in [2.24, 2.45) is 5.92 Å². The average molecular weight is 603 g/mol. The fourth-order valence-corrected chi connectivity index (χ4v) is 6.07. The Morgan fingerprint density at radius 3 is 2.33 bits per heavy atom. The summed E-state index contributed by atoms with van der Waals surface area (Å²) in [5.74, 6) is 0.702. The number of aryl methyl sites for hydroxylation is 1. The average Bonchev–Trinajstić information content (AvgIpc) is 3.46. The maximum absolute atomic E-state index is 4.93. The third-order valence-corrected chi connectivity index (χ3v) is 7.57. The second-order valence-electron chi connectivity index (χ2n) is 9.29. The molecule has 178 valence electrons. The zero-order valence-electron chi connectivity index (χ0n) is 20.8. The summed E-state index contributed by atoms with van der Waals surface area (Å²) in [6.45, 7) is 6.76. The molecule has 0 aliphatic carbocycles. The van der Waals surface area contributed by atoms with Crippen LogP contribution < -0.4 is 10.4 Å². The Kier molecular flexibility index (Phi) is 9.91. The van der Waals surface area contributed by atoms with Crippen molar-refractivity contribution in [2.75, 3.05) is 0 Å². The van der Waals surface area contributed by atoms with E-state index in [0.29, 0.717) is 5.92 Å². The van der Waals surface area contributed by atoms with Gasteiger partial charge >= 0.3 is 37.9 Å². The van der Waals surface area contributed by atoms with Crippen molar-refractivity contribution in [2.45, 2.75) is 27.2 Å². The van der Waals surface area contributed by atoms with Gasteiger partial charge in [-0.3, -0.25) is 0 Å². The Morgan fingerprint density at radius 1 is 0.889 bits per heavy atom. The van der Waals surface area contributed by atoms with Crippen LogP contribution in [0.25, 0.3) is 33.0 Å². The van der Waals surface area contributed by atoms with Crippen molar-refractivity contribution in [3.63, 3.8) is 0 Å². The maximum atomic E-state index is 4.93. The normalized spacial score (nSPS) is 11.1. The van der Waals surface area contributed by atoms with Crippen LogP contribution in [0.5, 0.6) is 0 Å². The maximum Gasteiger partial charge on any atom is 0.0920 e. The molecular formula is C32H28Cl2SiZr. The second kappa shape index (κ2) is 13.1. The molecule has 1 aliphatic heterocycles. The van der Waals surface area contributed by atoms with Gasteiger partial charge in [0.2, 0.25) is 0 Å². The molecule has 36 heavy (non-hydrogen) atoms. The van der Waals surface area contributed by atoms with Crippen LogP contribution in [0.1, 0.15) is 25.0 Å². The molecule has 0 saturated carbocycles. The molecule has 0 unspecified atom stereocenters. The Labute approximate surface area is 236 Å². The smallest absolute Gasteiger partial charge is 0.0920 e. The van der Waals surface area contributed by atoms with Gasteiger partial charge in [0.25, 0.3) is 0 Å². The number of benzene rings is 4. The summed E-state index contributed by atoms with van der Waals surface area (Å²) in [5.41, 5.74) is 8.28. The van der Waals surface area contributed by atoms with E-state index in [1.807, 2.05) is 6.07 Å². The van der Waals surface area contributed by atoms with Crippen molar-refractivity contribution in [1.29, 1.82) is 0 Å². The van der Waals surface area contributed by atoms with Crippen molar-refractivity contribution in [3.05, 3.63) is 114 Å². The van der Waals surface area contributed by atoms with Crippen LogP contribution in [0.3, 0.4) is 0 Å². The summed E-state index contributed by atoms with van der Waals surface area (Å²) in [5, 5.41) is 5.58. The van der Waals surface area contributed by atoms with Gasteiger partial charge in [-0.05, 0) is 24.8 Å². The van der Waals surface area contributed by atoms with Gasteiger partial charge in [-0.15, -0.1) is 40.1 Å². The number of hydrogen-bond donors (Lipinski definition) is 0. The van der Waals surface area contributed by atoms with E-state index in [1.54, 1.807) is 0 Å². The van der Waals surface area contributed by atoms with E-state index in [0.717, 1.165) is 15.9 Å². The van der Waals surface area contributed by atoms with Gasteiger partial charge in [-0.1, -0.05) is 90.3 Å². The summed E-state index contributed by atoms with van der Waals surface area (Å²) >= 11 is -0.826. The number of rotatable bonds is 3. The van der Waals surface area contributed by atoms with Gasteiger partial charge in [0.05, 0.1) is 9.52 Å². The molecule has 0 amide bonds. The van der Waals surface area contributed by atoms with E-state index >= 15 is 0 Å². The van der Waals surface area contributed by atoms with Crippen molar-refractivity contribution in [3.8, 4) is 22.3 Å². The SMILES string of the molecule is Cc1ccc2[cH-]c(CC(C)C)cc2c1-c1ccccc1.[Cl][Zr+2][Cl].[c-]1cccc2c1[Si]c1ccccc1-2. The second-order valence-corrected chi connectivity index (χ2v) is 14.3. The minimum absolute atomic E-state index is 0.702. The van der Waals surface area contributed by atoms with Crippen LogP contribution in [0.15, 0.2) is 97.1 Å². The fourth-order valence-electron chi connectivity index (χ4n) is 4.76. The molecular weight excluding hydrogens is 575 g/mol. The molecule has 0 spiro atoms. The quantitative estimate of drug-likeness (QED) is 0.141. The summed E-state index contributed by atoms with van der Waals surface area (Å²) in [6, 6.07) is 38.1. The van der Waals surface area contributed by atoms with E-state index < -0.39 is 20.8 Å². The zero-order valence-corrected chi connectivity index (χ0v) is 25.7. The molecule has 0 aromatic heterocycles. The predicted octanol–water partition coefficient (Wildman–Crippen LogP) is 8.23. The van der Waals surface area contributed by atoms with Crippen LogP contribution in [0.4, 0.5) is 0 Å². The number of hydrogen-bond acceptors (Lipinski definition) is 0. The standard InChI is InChI=1S/C20H21.C12H7Si.2ClH.Zr/c1-14(2)11-16-12-18-10-9-15(3)20(19(18)13-16)17-7-5-4-6-8-17;1-3-7-11-9(5-1)10-6-2-4-8-12(10)13-11;;;/h4-10,12-14H,11H2,1-3H3;1-7H;2*1H;/q2*-1;;;+4/p-2. The van der Waals surface area contributed by atoms with Crippen LogP contribution in [0.2, 0.25) is 0 Å². The monoisotopic (exact) mass is 600 g/mol. The van der Waals surface area contributed by atoms with E-state index in [-0.39, 0.29) is 0 Å². The molecule has 1 aliphatic rings. The Hall–Kier alpha value is -1.83. The summed E-state index contributed by atoms with van der Waals surface area (Å²) in [6.07, 6.45) is 1.15. The first-order chi connectivity index (χ1) is 17.5. The number of halogens is 2. The molecule has 4 heteroatoms. The molecule has 0 saturated heterocycles. The van der Waals surface area contributed by atoms with E-state index in [1.165, 1.54) is 54.5 Å². The first-order valence-electron chi connectivity index (χ1n) is 12.1. The summed E-state index contributed by atoms with van der Waals surface area (Å²) in [7, 11) is 10.7. The van der Waals surface area contributed by atoms with Crippen molar-refractivity contribution < 1.29 is 20.8 Å². The molecule has 5 aromatic carbocycles. The molecule has 0 fully saturated rings. The molecule has 1 heterocycles. The topological polar surface area (TPSA) is 0 Å². The third-order valence-electron chi connectivity index (χ3n) is 6.20. The molecule has 2 radical (unpaired) electrons. The molecule has 6 rings (SSSR count). The van der Waals surface area contributed by atoms with Gasteiger partial charge in [0.15, 0.2) is 0 Å². The van der Waals surface area contributed by atoms with Crippen LogP contribution in [0, 0.1) is 18.9 Å². The Morgan fingerprint density at radius 2 is 1.58 bits per heavy atom. The molecule has 0 bridgehead atoms. The predicted molar refractivity (Wildman–Crippen MR) is 156 cm³/mol. The third kappa shape index (κ3) is 6.53. The molecule has 0 nitrogen and oxygen atoms in total. The number of fused-ring (bicyclic) bond motifs is 4. The van der Waals surface area contributed by atoms with Gasteiger partial charge in [-0.2, -0.15) is 35.5 Å². The Balaban J connectivity index is 0.000000163. The summed E-state index contributed by atoms with van der Waals surface area (Å²) < 4.78 is 0. The van der Waals surface area contributed by atoms with E-state index in [4.69, 9.17) is 17.0 Å². The van der Waals surface area contributed by atoms with Crippen molar-refractivity contribution in [1.82, 2.24) is 0 Å². The van der Waals surface area contributed by atoms with E-state index in [2.05, 4.69) is 118 Å². The first kappa shape index (κ1) is 27.2. The minimum atomic E-state index is -0.826. The zero-order chi connectivity index (χ0) is 25.5. The van der Waals surface area contributed by atoms with Gasteiger partial charge in [0, 0.05) is 0 Å². The van der Waals surface area contributed by atoms with Crippen LogP contribution in [-0.4, -0.2) is 9.52 Å². The fraction of sp³-hybridized carbons (Fsp3) is 0.156. The van der Waals surface area contributed by atoms with Gasteiger partial charge in [-0.25, -0.2) is 0 Å².